The third kappa shape index (κ3) is 3.79. The maximum atomic E-state index is 12.1. The van der Waals surface area contributed by atoms with E-state index < -0.39 is 0 Å². The van der Waals surface area contributed by atoms with Crippen LogP contribution in [-0.4, -0.2) is 64.1 Å². The molecule has 0 bridgehead atoms. The molecule has 0 spiro atoms. The van der Waals surface area contributed by atoms with E-state index in [4.69, 9.17) is 4.52 Å². The first-order valence-corrected chi connectivity index (χ1v) is 7.68. The summed E-state index contributed by atoms with van der Waals surface area (Å²) in [6, 6.07) is 0.389. The molecule has 3 rings (SSSR count). The molecule has 1 aliphatic carbocycles. The minimum Gasteiger partial charge on any atom is -0.352 e. The van der Waals surface area contributed by atoms with Gasteiger partial charge in [-0.3, -0.25) is 14.6 Å². The van der Waals surface area contributed by atoms with Gasteiger partial charge in [-0.15, -0.1) is 0 Å². The van der Waals surface area contributed by atoms with Crippen molar-refractivity contribution in [3.8, 4) is 0 Å². The number of piperazine rings is 1. The SMILES string of the molecule is Cc1noc(CN2CCN([C@H](C)C(=O)NC3CC3)CC2)n1. The summed E-state index contributed by atoms with van der Waals surface area (Å²) in [6.45, 7) is 8.14. The molecular weight excluding hydrogens is 270 g/mol. The molecule has 7 heteroatoms. The van der Waals surface area contributed by atoms with Crippen LogP contribution in [0.3, 0.4) is 0 Å². The van der Waals surface area contributed by atoms with E-state index in [1.165, 1.54) is 0 Å². The standard InChI is InChI=1S/C14H23N5O2/c1-10(14(20)16-12-3-4-12)19-7-5-18(6-8-19)9-13-15-11(2)17-21-13/h10,12H,3-9H2,1-2H3,(H,16,20)/t10-/m1/s1. The van der Waals surface area contributed by atoms with Gasteiger partial charge in [0.25, 0.3) is 0 Å². The summed E-state index contributed by atoms with van der Waals surface area (Å²) in [7, 11) is 0. The van der Waals surface area contributed by atoms with Crippen LogP contribution in [0.5, 0.6) is 0 Å². The number of nitrogens with one attached hydrogen (secondary N) is 1. The molecule has 0 radical (unpaired) electrons. The lowest BCUT2D eigenvalue weighted by molar-refractivity contribution is -0.126. The van der Waals surface area contributed by atoms with Gasteiger partial charge in [0.05, 0.1) is 12.6 Å². The van der Waals surface area contributed by atoms with Gasteiger partial charge < -0.3 is 9.84 Å². The van der Waals surface area contributed by atoms with Crippen molar-refractivity contribution >= 4 is 5.91 Å². The van der Waals surface area contributed by atoms with Gasteiger partial charge >= 0.3 is 0 Å². The van der Waals surface area contributed by atoms with Gasteiger partial charge in [0, 0.05) is 32.2 Å². The number of hydrogen-bond donors (Lipinski definition) is 1. The van der Waals surface area contributed by atoms with E-state index in [1.807, 2.05) is 13.8 Å². The molecule has 116 valence electrons. The van der Waals surface area contributed by atoms with Crippen LogP contribution in [0.1, 0.15) is 31.5 Å². The highest BCUT2D eigenvalue weighted by Crippen LogP contribution is 2.19. The molecule has 1 aromatic rings. The van der Waals surface area contributed by atoms with Crippen LogP contribution in [0.15, 0.2) is 4.52 Å². The summed E-state index contributed by atoms with van der Waals surface area (Å²) in [5, 5.41) is 6.88. The highest BCUT2D eigenvalue weighted by molar-refractivity contribution is 5.81. The van der Waals surface area contributed by atoms with Crippen molar-refractivity contribution in [2.24, 2.45) is 0 Å². The Hall–Kier alpha value is -1.47. The molecule has 1 amide bonds. The number of rotatable bonds is 5. The van der Waals surface area contributed by atoms with E-state index in [1.54, 1.807) is 0 Å². The highest BCUT2D eigenvalue weighted by atomic mass is 16.5. The van der Waals surface area contributed by atoms with Crippen molar-refractivity contribution < 1.29 is 9.32 Å². The van der Waals surface area contributed by atoms with Crippen LogP contribution >= 0.6 is 0 Å². The Morgan fingerprint density at radius 3 is 2.67 bits per heavy atom. The Labute approximate surface area is 124 Å². The molecular formula is C14H23N5O2. The molecule has 2 fully saturated rings. The zero-order valence-corrected chi connectivity index (χ0v) is 12.7. The van der Waals surface area contributed by atoms with Crippen molar-refractivity contribution in [3.05, 3.63) is 11.7 Å². The van der Waals surface area contributed by atoms with E-state index in [0.29, 0.717) is 24.3 Å². The van der Waals surface area contributed by atoms with Gasteiger partial charge in [0.15, 0.2) is 5.82 Å². The first-order chi connectivity index (χ1) is 10.1. The predicted octanol–water partition coefficient (Wildman–Crippen LogP) is 0.163. The molecule has 2 aliphatic rings. The summed E-state index contributed by atoms with van der Waals surface area (Å²) in [4.78, 5) is 20.8. The molecule has 1 saturated heterocycles. The molecule has 1 N–H and O–H groups in total. The zero-order chi connectivity index (χ0) is 14.8. The molecule has 2 heterocycles. The van der Waals surface area contributed by atoms with E-state index >= 15 is 0 Å². The second-order valence-corrected chi connectivity index (χ2v) is 6.01. The summed E-state index contributed by atoms with van der Waals surface area (Å²) in [5.41, 5.74) is 0. The second-order valence-electron chi connectivity index (χ2n) is 6.01. The Bertz CT molecular complexity index is 491. The van der Waals surface area contributed by atoms with Crippen molar-refractivity contribution in [2.45, 2.75) is 45.3 Å². The normalized spacial score (nSPS) is 22.2. The van der Waals surface area contributed by atoms with Crippen molar-refractivity contribution in [3.63, 3.8) is 0 Å². The maximum Gasteiger partial charge on any atom is 0.240 e. The van der Waals surface area contributed by atoms with Gasteiger partial charge in [0.1, 0.15) is 0 Å². The number of carbonyl (C=O) groups excluding carboxylic acids is 1. The largest absolute Gasteiger partial charge is 0.352 e. The number of aryl methyl sites for hydroxylation is 1. The van der Waals surface area contributed by atoms with Gasteiger partial charge in [-0.25, -0.2) is 0 Å². The lowest BCUT2D eigenvalue weighted by Gasteiger charge is -2.36. The van der Waals surface area contributed by atoms with E-state index in [0.717, 1.165) is 39.0 Å². The lowest BCUT2D eigenvalue weighted by Crippen LogP contribution is -2.53. The third-order valence-corrected chi connectivity index (χ3v) is 4.19. The summed E-state index contributed by atoms with van der Waals surface area (Å²) in [6.07, 6.45) is 2.27. The van der Waals surface area contributed by atoms with Gasteiger partial charge in [-0.2, -0.15) is 4.98 Å². The van der Waals surface area contributed by atoms with Crippen LogP contribution in [-0.2, 0) is 11.3 Å². The Kier molecular flexibility index (Phi) is 4.21. The Morgan fingerprint density at radius 2 is 2.10 bits per heavy atom. The fourth-order valence-corrected chi connectivity index (χ4v) is 2.62. The van der Waals surface area contributed by atoms with Crippen molar-refractivity contribution in [2.75, 3.05) is 26.2 Å². The Balaban J connectivity index is 1.44. The van der Waals surface area contributed by atoms with Gasteiger partial charge in [-0.1, -0.05) is 5.16 Å². The lowest BCUT2D eigenvalue weighted by atomic mass is 10.2. The quantitative estimate of drug-likeness (QED) is 0.834. The van der Waals surface area contributed by atoms with Crippen molar-refractivity contribution in [1.82, 2.24) is 25.3 Å². The van der Waals surface area contributed by atoms with Crippen LogP contribution in [0.25, 0.3) is 0 Å². The zero-order valence-electron chi connectivity index (χ0n) is 12.7. The molecule has 21 heavy (non-hydrogen) atoms. The smallest absolute Gasteiger partial charge is 0.240 e. The van der Waals surface area contributed by atoms with E-state index in [-0.39, 0.29) is 11.9 Å². The first-order valence-electron chi connectivity index (χ1n) is 7.68. The van der Waals surface area contributed by atoms with Crippen LogP contribution < -0.4 is 5.32 Å². The van der Waals surface area contributed by atoms with Gasteiger partial charge in [0.2, 0.25) is 11.8 Å². The summed E-state index contributed by atoms with van der Waals surface area (Å²) in [5.74, 6) is 1.51. The Morgan fingerprint density at radius 1 is 1.38 bits per heavy atom. The molecule has 0 aromatic carbocycles. The monoisotopic (exact) mass is 293 g/mol. The summed E-state index contributed by atoms with van der Waals surface area (Å²) >= 11 is 0. The molecule has 0 unspecified atom stereocenters. The molecule has 1 saturated carbocycles. The van der Waals surface area contributed by atoms with Crippen molar-refractivity contribution in [1.29, 1.82) is 0 Å². The number of amides is 1. The van der Waals surface area contributed by atoms with Crippen LogP contribution in [0.2, 0.25) is 0 Å². The van der Waals surface area contributed by atoms with E-state index in [9.17, 15) is 4.79 Å². The molecule has 1 aromatic heterocycles. The molecule has 1 atom stereocenters. The fraction of sp³-hybridized carbons (Fsp3) is 0.786. The number of aromatic nitrogens is 2. The molecule has 1 aliphatic heterocycles. The minimum absolute atomic E-state index is 0.0431. The number of hydrogen-bond acceptors (Lipinski definition) is 6. The summed E-state index contributed by atoms with van der Waals surface area (Å²) < 4.78 is 5.15. The highest BCUT2D eigenvalue weighted by Gasteiger charge is 2.30. The second kappa shape index (κ2) is 6.11. The molecule has 7 nitrogen and oxygen atoms in total. The third-order valence-electron chi connectivity index (χ3n) is 4.19. The number of nitrogens with zero attached hydrogens (tertiary/aromatic N) is 4. The first kappa shape index (κ1) is 14.5. The predicted molar refractivity (Wildman–Crippen MR) is 76.5 cm³/mol. The number of carbonyl (C=O) groups is 1. The average Bonchev–Trinajstić information content (AvgIpc) is 3.20. The maximum absolute atomic E-state index is 12.1. The van der Waals surface area contributed by atoms with Crippen LogP contribution in [0.4, 0.5) is 0 Å². The average molecular weight is 293 g/mol. The van der Waals surface area contributed by atoms with E-state index in [2.05, 4.69) is 25.3 Å². The van der Waals surface area contributed by atoms with Crippen LogP contribution in [0, 0.1) is 6.92 Å². The fourth-order valence-electron chi connectivity index (χ4n) is 2.62. The minimum atomic E-state index is -0.0431. The topological polar surface area (TPSA) is 74.5 Å². The van der Waals surface area contributed by atoms with Gasteiger partial charge in [-0.05, 0) is 26.7 Å².